The highest BCUT2D eigenvalue weighted by Gasteiger charge is 2.60. The summed E-state index contributed by atoms with van der Waals surface area (Å²) in [6, 6.07) is 0. The molecule has 0 saturated heterocycles. The highest BCUT2D eigenvalue weighted by molar-refractivity contribution is 7.94. The van der Waals surface area contributed by atoms with Crippen LogP contribution in [-0.2, 0) is 22.8 Å². The summed E-state index contributed by atoms with van der Waals surface area (Å²) < 4.78 is 26.2. The SMILES string of the molecule is NC(=O)c1nn(CC2(O)CC2)c2c1CCN(CC1(S(=O)(=O)C3CC3)CC1)C2=O. The van der Waals surface area contributed by atoms with Gasteiger partial charge in [0, 0.05) is 18.7 Å². The number of nitrogens with zero attached hydrogens (tertiary/aromatic N) is 3. The summed E-state index contributed by atoms with van der Waals surface area (Å²) in [6.45, 7) is 0.656. The average molecular weight is 408 g/mol. The van der Waals surface area contributed by atoms with E-state index in [4.69, 9.17) is 5.73 Å². The first kappa shape index (κ1) is 18.1. The highest BCUT2D eigenvalue weighted by atomic mass is 32.2. The predicted octanol–water partition coefficient (Wildman–Crippen LogP) is -0.385. The number of hydrogen-bond donors (Lipinski definition) is 2. The number of hydrogen-bond acceptors (Lipinski definition) is 6. The molecule has 3 aliphatic carbocycles. The smallest absolute Gasteiger partial charge is 0.272 e. The van der Waals surface area contributed by atoms with Crippen LogP contribution in [0.2, 0.25) is 0 Å². The van der Waals surface area contributed by atoms with Crippen molar-refractivity contribution in [2.45, 2.75) is 67.1 Å². The summed E-state index contributed by atoms with van der Waals surface area (Å²) in [5.41, 5.74) is 5.38. The minimum Gasteiger partial charge on any atom is -0.388 e. The number of nitrogens with two attached hydrogens (primary N) is 1. The van der Waals surface area contributed by atoms with E-state index in [9.17, 15) is 23.1 Å². The van der Waals surface area contributed by atoms with E-state index in [2.05, 4.69) is 5.10 Å². The second-order valence-electron chi connectivity index (χ2n) is 8.83. The molecule has 1 aromatic heterocycles. The Kier molecular flexibility index (Phi) is 3.60. The van der Waals surface area contributed by atoms with Crippen molar-refractivity contribution in [2.24, 2.45) is 5.73 Å². The first-order valence-electron chi connectivity index (χ1n) is 9.80. The molecular weight excluding hydrogens is 384 g/mol. The van der Waals surface area contributed by atoms with E-state index < -0.39 is 26.1 Å². The minimum absolute atomic E-state index is 0.0685. The van der Waals surface area contributed by atoms with Crippen LogP contribution in [-0.4, -0.2) is 68.7 Å². The molecule has 4 aliphatic rings. The average Bonchev–Trinajstić information content (AvgIpc) is 3.47. The van der Waals surface area contributed by atoms with Gasteiger partial charge in [0.2, 0.25) is 0 Å². The van der Waals surface area contributed by atoms with E-state index in [0.717, 1.165) is 12.8 Å². The maximum Gasteiger partial charge on any atom is 0.272 e. The number of aliphatic hydroxyl groups is 1. The number of carbonyl (C=O) groups excluding carboxylic acids is 2. The van der Waals surface area contributed by atoms with Crippen LogP contribution in [0.1, 0.15) is 65.1 Å². The monoisotopic (exact) mass is 408 g/mol. The van der Waals surface area contributed by atoms with Gasteiger partial charge in [-0.25, -0.2) is 8.42 Å². The molecule has 2 heterocycles. The molecule has 3 saturated carbocycles. The molecule has 9 nitrogen and oxygen atoms in total. The molecule has 0 bridgehead atoms. The van der Waals surface area contributed by atoms with Crippen LogP contribution in [0.25, 0.3) is 0 Å². The van der Waals surface area contributed by atoms with E-state index in [1.54, 1.807) is 4.90 Å². The molecule has 0 atom stereocenters. The van der Waals surface area contributed by atoms with Crippen LogP contribution in [0.5, 0.6) is 0 Å². The molecule has 0 aromatic carbocycles. The Hall–Kier alpha value is -1.94. The fourth-order valence-electron chi connectivity index (χ4n) is 4.27. The van der Waals surface area contributed by atoms with Crippen molar-refractivity contribution in [3.63, 3.8) is 0 Å². The van der Waals surface area contributed by atoms with Crippen LogP contribution >= 0.6 is 0 Å². The third kappa shape index (κ3) is 2.68. The normalized spacial score (nSPS) is 24.8. The van der Waals surface area contributed by atoms with Crippen molar-refractivity contribution in [3.8, 4) is 0 Å². The summed E-state index contributed by atoms with van der Waals surface area (Å²) in [5.74, 6) is -1.03. The maximum atomic E-state index is 13.2. The van der Waals surface area contributed by atoms with Crippen molar-refractivity contribution in [1.29, 1.82) is 0 Å². The molecule has 5 rings (SSSR count). The van der Waals surface area contributed by atoms with Gasteiger partial charge in [0.25, 0.3) is 11.8 Å². The van der Waals surface area contributed by atoms with Crippen LogP contribution < -0.4 is 5.73 Å². The Bertz CT molecular complexity index is 986. The molecule has 3 N–H and O–H groups in total. The fourth-order valence-corrected chi connectivity index (χ4v) is 6.74. The quantitative estimate of drug-likeness (QED) is 0.631. The molecular formula is C18H24N4O5S. The summed E-state index contributed by atoms with van der Waals surface area (Å²) in [4.78, 5) is 26.6. The summed E-state index contributed by atoms with van der Waals surface area (Å²) in [5, 5.41) is 14.2. The van der Waals surface area contributed by atoms with Crippen molar-refractivity contribution in [3.05, 3.63) is 17.0 Å². The van der Waals surface area contributed by atoms with Gasteiger partial charge in [0.05, 0.1) is 22.1 Å². The lowest BCUT2D eigenvalue weighted by Crippen LogP contribution is -2.47. The Labute approximate surface area is 162 Å². The van der Waals surface area contributed by atoms with Gasteiger partial charge in [0.15, 0.2) is 15.5 Å². The Morgan fingerprint density at radius 3 is 2.43 bits per heavy atom. The lowest BCUT2D eigenvalue weighted by Gasteiger charge is -2.31. The van der Waals surface area contributed by atoms with Gasteiger partial charge in [-0.15, -0.1) is 0 Å². The number of rotatable bonds is 7. The van der Waals surface area contributed by atoms with Crippen molar-refractivity contribution < 1.29 is 23.1 Å². The highest BCUT2D eigenvalue weighted by Crippen LogP contribution is 2.51. The first-order valence-corrected chi connectivity index (χ1v) is 11.4. The molecule has 0 spiro atoms. The molecule has 2 amide bonds. The number of amides is 2. The molecule has 28 heavy (non-hydrogen) atoms. The fraction of sp³-hybridized carbons (Fsp3) is 0.722. The van der Waals surface area contributed by atoms with Gasteiger partial charge in [-0.05, 0) is 44.9 Å². The van der Waals surface area contributed by atoms with E-state index >= 15 is 0 Å². The number of aromatic nitrogens is 2. The Morgan fingerprint density at radius 1 is 1.21 bits per heavy atom. The van der Waals surface area contributed by atoms with Gasteiger partial charge < -0.3 is 15.7 Å². The summed E-state index contributed by atoms with van der Waals surface area (Å²) in [6.07, 6.45) is 4.26. The standard InChI is InChI=1S/C18H24N4O5S/c19-15(23)13-12-3-8-21(10-18(6-7-18)28(26,27)11-1-2-11)16(24)14(12)22(20-13)9-17(25)4-5-17/h11,25H,1-10H2,(H2,19,23). The lowest BCUT2D eigenvalue weighted by molar-refractivity contribution is 0.0710. The van der Waals surface area contributed by atoms with E-state index in [0.29, 0.717) is 44.2 Å². The molecule has 10 heteroatoms. The number of primary amides is 1. The predicted molar refractivity (Wildman–Crippen MR) is 98.4 cm³/mol. The first-order chi connectivity index (χ1) is 13.2. The topological polar surface area (TPSA) is 136 Å². The zero-order chi connectivity index (χ0) is 19.9. The van der Waals surface area contributed by atoms with Crippen molar-refractivity contribution in [2.75, 3.05) is 13.1 Å². The van der Waals surface area contributed by atoms with Crippen molar-refractivity contribution in [1.82, 2.24) is 14.7 Å². The molecule has 1 aliphatic heterocycles. The van der Waals surface area contributed by atoms with Crippen LogP contribution in [0.3, 0.4) is 0 Å². The molecule has 1 aromatic rings. The number of fused-ring (bicyclic) bond motifs is 1. The zero-order valence-electron chi connectivity index (χ0n) is 15.6. The summed E-state index contributed by atoms with van der Waals surface area (Å²) >= 11 is 0. The zero-order valence-corrected chi connectivity index (χ0v) is 16.4. The van der Waals surface area contributed by atoms with Gasteiger partial charge in [0.1, 0.15) is 5.69 Å². The number of sulfone groups is 1. The van der Waals surface area contributed by atoms with Crippen LogP contribution in [0.15, 0.2) is 0 Å². The van der Waals surface area contributed by atoms with Crippen LogP contribution in [0, 0.1) is 0 Å². The second kappa shape index (κ2) is 5.56. The largest absolute Gasteiger partial charge is 0.388 e. The van der Waals surface area contributed by atoms with Crippen LogP contribution in [0.4, 0.5) is 0 Å². The van der Waals surface area contributed by atoms with Crippen molar-refractivity contribution >= 4 is 21.7 Å². The lowest BCUT2D eigenvalue weighted by atomic mass is 10.0. The molecule has 152 valence electrons. The maximum absolute atomic E-state index is 13.2. The second-order valence-corrected chi connectivity index (χ2v) is 11.4. The van der Waals surface area contributed by atoms with Gasteiger partial charge in [-0.1, -0.05) is 0 Å². The molecule has 0 unspecified atom stereocenters. The van der Waals surface area contributed by atoms with E-state index in [1.165, 1.54) is 4.68 Å². The third-order valence-electron chi connectivity index (χ3n) is 6.53. The molecule has 0 radical (unpaired) electrons. The Morgan fingerprint density at radius 2 is 1.89 bits per heavy atom. The summed E-state index contributed by atoms with van der Waals surface area (Å²) in [7, 11) is -3.22. The molecule has 3 fully saturated rings. The van der Waals surface area contributed by atoms with Gasteiger partial charge >= 0.3 is 0 Å². The minimum atomic E-state index is -3.22. The Balaban J connectivity index is 1.45. The number of carbonyl (C=O) groups is 2. The van der Waals surface area contributed by atoms with Gasteiger partial charge in [-0.3, -0.25) is 14.3 Å². The van der Waals surface area contributed by atoms with E-state index in [-0.39, 0.29) is 35.6 Å². The van der Waals surface area contributed by atoms with Gasteiger partial charge in [-0.2, -0.15) is 5.10 Å². The third-order valence-corrected chi connectivity index (χ3v) is 9.62. The van der Waals surface area contributed by atoms with E-state index in [1.807, 2.05) is 0 Å².